The highest BCUT2D eigenvalue weighted by Gasteiger charge is 2.51. The molecule has 0 saturated carbocycles. The summed E-state index contributed by atoms with van der Waals surface area (Å²) < 4.78 is 13.0. The van der Waals surface area contributed by atoms with Crippen LogP contribution in [0.2, 0.25) is 5.04 Å². The van der Waals surface area contributed by atoms with Crippen molar-refractivity contribution in [2.75, 3.05) is 6.61 Å². The first-order chi connectivity index (χ1) is 16.2. The van der Waals surface area contributed by atoms with Crippen molar-refractivity contribution in [3.8, 4) is 0 Å². The van der Waals surface area contributed by atoms with Crippen LogP contribution in [0.4, 0.5) is 0 Å². The quantitative estimate of drug-likeness (QED) is 0.313. The summed E-state index contributed by atoms with van der Waals surface area (Å²) >= 11 is 0. The van der Waals surface area contributed by atoms with Crippen molar-refractivity contribution in [2.24, 2.45) is 17.8 Å². The minimum absolute atomic E-state index is 0.0421. The zero-order chi connectivity index (χ0) is 24.3. The van der Waals surface area contributed by atoms with Gasteiger partial charge in [0.25, 0.3) is 8.32 Å². The molecule has 4 atom stereocenters. The first-order valence-corrected chi connectivity index (χ1v) is 14.7. The molecule has 0 bridgehead atoms. The summed E-state index contributed by atoms with van der Waals surface area (Å²) in [7, 11) is -2.59. The van der Waals surface area contributed by atoms with Gasteiger partial charge in [-0.05, 0) is 40.1 Å². The number of carbonyl (C=O) groups is 1. The lowest BCUT2D eigenvalue weighted by atomic mass is 9.86. The van der Waals surface area contributed by atoms with Gasteiger partial charge >= 0.3 is 0 Å². The van der Waals surface area contributed by atoms with Gasteiger partial charge in [0.05, 0.1) is 6.10 Å². The van der Waals surface area contributed by atoms with E-state index in [4.69, 9.17) is 9.16 Å². The number of allylic oxidation sites excluding steroid dienone is 1. The minimum Gasteiger partial charge on any atom is -0.407 e. The molecule has 4 heteroatoms. The number of fused-ring (bicyclic) bond motifs is 1. The summed E-state index contributed by atoms with van der Waals surface area (Å²) in [6.07, 6.45) is 6.92. The highest BCUT2D eigenvalue weighted by atomic mass is 28.4. The van der Waals surface area contributed by atoms with Crippen molar-refractivity contribution >= 4 is 24.5 Å². The second kappa shape index (κ2) is 10.3. The Morgan fingerprint density at radius 3 is 2.09 bits per heavy atom. The standard InChI is InChI=1S/C30H40O3Si/c1-22(2)24-17-16-23(20-28-29(33-28)27(31)19-18-24)21-32-34(30(3,4)5,25-12-8-6-9-13-25)26-14-10-7-11-15-26/h6-17,22-24,28-29H,18-21H2,1-5H3. The number of rotatable bonds is 6. The predicted molar refractivity (Wildman–Crippen MR) is 142 cm³/mol. The van der Waals surface area contributed by atoms with E-state index < -0.39 is 8.32 Å². The van der Waals surface area contributed by atoms with Crippen molar-refractivity contribution in [3.63, 3.8) is 0 Å². The van der Waals surface area contributed by atoms with E-state index in [-0.39, 0.29) is 28.9 Å². The smallest absolute Gasteiger partial charge is 0.261 e. The molecule has 2 aromatic rings. The zero-order valence-electron chi connectivity index (χ0n) is 21.4. The van der Waals surface area contributed by atoms with Gasteiger partial charge in [0.15, 0.2) is 5.78 Å². The Hall–Kier alpha value is -2.01. The van der Waals surface area contributed by atoms with E-state index in [9.17, 15) is 4.79 Å². The highest BCUT2D eigenvalue weighted by molar-refractivity contribution is 6.99. The molecule has 2 aliphatic rings. The van der Waals surface area contributed by atoms with Crippen LogP contribution in [0.5, 0.6) is 0 Å². The van der Waals surface area contributed by atoms with Gasteiger partial charge in [-0.2, -0.15) is 0 Å². The fourth-order valence-electron chi connectivity index (χ4n) is 5.50. The third-order valence-corrected chi connectivity index (χ3v) is 12.6. The average molecular weight is 477 g/mol. The summed E-state index contributed by atoms with van der Waals surface area (Å²) in [4.78, 5) is 12.6. The number of Topliss-reactive ketones (excluding diaryl/α,β-unsaturated/α-hetero) is 1. The summed E-state index contributed by atoms with van der Waals surface area (Å²) in [5, 5.41) is 2.55. The molecule has 1 aliphatic carbocycles. The number of carbonyl (C=O) groups excluding carboxylic acids is 1. The molecule has 34 heavy (non-hydrogen) atoms. The molecule has 1 fully saturated rings. The van der Waals surface area contributed by atoms with E-state index in [0.717, 1.165) is 12.8 Å². The molecule has 4 unspecified atom stereocenters. The van der Waals surface area contributed by atoms with Crippen molar-refractivity contribution < 1.29 is 14.0 Å². The van der Waals surface area contributed by atoms with Crippen molar-refractivity contribution in [1.82, 2.24) is 0 Å². The van der Waals surface area contributed by atoms with Gasteiger partial charge in [0.1, 0.15) is 6.10 Å². The number of hydrogen-bond acceptors (Lipinski definition) is 3. The third-order valence-electron chi connectivity index (χ3n) is 7.58. The van der Waals surface area contributed by atoms with E-state index in [1.165, 1.54) is 10.4 Å². The summed E-state index contributed by atoms with van der Waals surface area (Å²) in [5.41, 5.74) is 0. The lowest BCUT2D eigenvalue weighted by Gasteiger charge is -2.43. The van der Waals surface area contributed by atoms with Gasteiger partial charge in [0, 0.05) is 18.9 Å². The number of epoxide rings is 1. The van der Waals surface area contributed by atoms with E-state index >= 15 is 0 Å². The molecule has 4 rings (SSSR count). The van der Waals surface area contributed by atoms with E-state index in [0.29, 0.717) is 24.9 Å². The first kappa shape index (κ1) is 25.1. The molecule has 0 amide bonds. The summed E-state index contributed by atoms with van der Waals surface area (Å²) in [6.45, 7) is 12.1. The van der Waals surface area contributed by atoms with Crippen molar-refractivity contribution in [2.45, 2.75) is 71.1 Å². The monoisotopic (exact) mass is 476 g/mol. The van der Waals surface area contributed by atoms with Gasteiger partial charge in [-0.15, -0.1) is 0 Å². The average Bonchev–Trinajstić information content (AvgIpc) is 3.58. The maximum atomic E-state index is 12.6. The molecule has 2 aromatic carbocycles. The second-order valence-corrected chi connectivity index (χ2v) is 15.7. The Morgan fingerprint density at radius 1 is 0.971 bits per heavy atom. The van der Waals surface area contributed by atoms with Crippen LogP contribution in [0.25, 0.3) is 0 Å². The van der Waals surface area contributed by atoms with E-state index in [1.54, 1.807) is 0 Å². The van der Waals surface area contributed by atoms with Gasteiger partial charge in [-0.3, -0.25) is 4.79 Å². The molecule has 0 N–H and O–H groups in total. The molecule has 1 aliphatic heterocycles. The van der Waals surface area contributed by atoms with Gasteiger partial charge in [-0.1, -0.05) is 107 Å². The van der Waals surface area contributed by atoms with Crippen LogP contribution < -0.4 is 10.4 Å². The Balaban J connectivity index is 1.67. The fourth-order valence-corrected chi connectivity index (χ4v) is 10.1. The summed E-state index contributed by atoms with van der Waals surface area (Å²) in [6, 6.07) is 21.6. The molecular formula is C30H40O3Si. The highest BCUT2D eigenvalue weighted by Crippen LogP contribution is 2.39. The van der Waals surface area contributed by atoms with Gasteiger partial charge < -0.3 is 9.16 Å². The molecule has 3 nitrogen and oxygen atoms in total. The van der Waals surface area contributed by atoms with E-state index in [1.807, 2.05) is 0 Å². The molecule has 1 saturated heterocycles. The fraction of sp³-hybridized carbons (Fsp3) is 0.500. The van der Waals surface area contributed by atoms with Crippen LogP contribution in [0.15, 0.2) is 72.8 Å². The lowest BCUT2D eigenvalue weighted by Crippen LogP contribution is -2.66. The van der Waals surface area contributed by atoms with Gasteiger partial charge in [-0.25, -0.2) is 0 Å². The maximum Gasteiger partial charge on any atom is 0.261 e. The Morgan fingerprint density at radius 2 is 1.56 bits per heavy atom. The molecule has 0 spiro atoms. The van der Waals surface area contributed by atoms with Crippen LogP contribution in [0, 0.1) is 17.8 Å². The molecular weight excluding hydrogens is 436 g/mol. The number of ketones is 1. The van der Waals surface area contributed by atoms with E-state index in [2.05, 4.69) is 107 Å². The zero-order valence-corrected chi connectivity index (χ0v) is 22.4. The third kappa shape index (κ3) is 5.29. The molecule has 182 valence electrons. The molecule has 0 radical (unpaired) electrons. The number of benzene rings is 2. The van der Waals surface area contributed by atoms with Crippen LogP contribution in [0.3, 0.4) is 0 Å². The largest absolute Gasteiger partial charge is 0.407 e. The second-order valence-electron chi connectivity index (χ2n) is 11.4. The Kier molecular flexibility index (Phi) is 7.61. The van der Waals surface area contributed by atoms with Crippen LogP contribution in [0.1, 0.15) is 53.9 Å². The van der Waals surface area contributed by atoms with Gasteiger partial charge in [0.2, 0.25) is 0 Å². The van der Waals surface area contributed by atoms with Crippen LogP contribution in [-0.4, -0.2) is 32.9 Å². The Bertz CT molecular complexity index is 938. The van der Waals surface area contributed by atoms with Crippen molar-refractivity contribution in [1.29, 1.82) is 0 Å². The first-order valence-electron chi connectivity index (χ1n) is 12.8. The van der Waals surface area contributed by atoms with Crippen LogP contribution >= 0.6 is 0 Å². The SMILES string of the molecule is CC(C)C1C=CC(CO[Si](c2ccccc2)(c2ccccc2)C(C)(C)C)CC2OC2C(=O)CC1. The lowest BCUT2D eigenvalue weighted by molar-refractivity contribution is -0.120. The topological polar surface area (TPSA) is 38.8 Å². The predicted octanol–water partition coefficient (Wildman–Crippen LogP) is 5.53. The normalized spacial score (nSPS) is 25.8. The number of hydrogen-bond donors (Lipinski definition) is 0. The minimum atomic E-state index is -2.59. The molecule has 1 heterocycles. The Labute approximate surface area is 206 Å². The summed E-state index contributed by atoms with van der Waals surface area (Å²) in [5.74, 6) is 1.42. The maximum absolute atomic E-state index is 12.6. The van der Waals surface area contributed by atoms with Crippen LogP contribution in [-0.2, 0) is 14.0 Å². The number of ether oxygens (including phenoxy) is 1. The molecule has 0 aromatic heterocycles. The van der Waals surface area contributed by atoms with Crippen molar-refractivity contribution in [3.05, 3.63) is 72.8 Å².